The lowest BCUT2D eigenvalue weighted by atomic mass is 10.2. The topological polar surface area (TPSA) is 66.7 Å². The van der Waals surface area contributed by atoms with Crippen molar-refractivity contribution in [3.63, 3.8) is 0 Å². The Balaban J connectivity index is 0.00000306. The number of aryl methyl sites for hydroxylation is 1. The van der Waals surface area contributed by atoms with Crippen LogP contribution in [0.4, 0.5) is 10.1 Å². The quantitative estimate of drug-likeness (QED) is 0.270. The number of aromatic nitrogens is 2. The number of halogens is 2. The number of benzene rings is 2. The number of methoxy groups -OCH3 is 1. The Morgan fingerprint density at radius 1 is 1.24 bits per heavy atom. The number of nitrogens with zero attached hydrogens (tertiary/aromatic N) is 4. The number of ether oxygens (including phenoxy) is 1. The number of nitrogens with one attached hydrogen (secondary N) is 2. The van der Waals surface area contributed by atoms with Crippen LogP contribution < -0.4 is 20.3 Å². The minimum Gasteiger partial charge on any atom is -0.495 e. The molecule has 2 N–H and O–H groups in total. The average Bonchev–Trinajstić information content (AvgIpc) is 3.45. The van der Waals surface area contributed by atoms with Gasteiger partial charge >= 0.3 is 0 Å². The summed E-state index contributed by atoms with van der Waals surface area (Å²) in [7, 11) is 3.44. The fraction of sp³-hybridized carbons (Fsp3) is 0.333. The molecule has 1 aromatic heterocycles. The summed E-state index contributed by atoms with van der Waals surface area (Å²) in [5.74, 6) is 2.05. The van der Waals surface area contributed by atoms with Crippen LogP contribution in [-0.2, 0) is 6.54 Å². The van der Waals surface area contributed by atoms with Crippen molar-refractivity contribution in [2.75, 3.05) is 32.1 Å². The summed E-state index contributed by atoms with van der Waals surface area (Å²) in [6.45, 7) is 4.12. The molecule has 4 rings (SSSR count). The maximum atomic E-state index is 14.7. The van der Waals surface area contributed by atoms with Gasteiger partial charge in [-0.25, -0.2) is 9.37 Å². The second-order valence-corrected chi connectivity index (χ2v) is 7.80. The van der Waals surface area contributed by atoms with Gasteiger partial charge in [-0.3, -0.25) is 4.99 Å². The van der Waals surface area contributed by atoms with Crippen molar-refractivity contribution in [1.82, 2.24) is 20.2 Å². The third kappa shape index (κ3) is 5.76. The molecule has 0 spiro atoms. The molecule has 1 aliphatic heterocycles. The fourth-order valence-electron chi connectivity index (χ4n) is 4.05. The SMILES string of the molecule is CN=C(NCc1ccc(-n2ccnc2C)c(F)c1)NC1CCN(c2ccccc2OC)C1.I. The summed E-state index contributed by atoms with van der Waals surface area (Å²) < 4.78 is 21.9. The Labute approximate surface area is 211 Å². The van der Waals surface area contributed by atoms with E-state index in [4.69, 9.17) is 4.74 Å². The summed E-state index contributed by atoms with van der Waals surface area (Å²) in [6.07, 6.45) is 4.41. The third-order valence-electron chi connectivity index (χ3n) is 5.74. The van der Waals surface area contributed by atoms with Gasteiger partial charge in [-0.05, 0) is 43.2 Å². The van der Waals surface area contributed by atoms with E-state index in [1.807, 2.05) is 31.2 Å². The van der Waals surface area contributed by atoms with E-state index in [2.05, 4.69) is 31.6 Å². The number of hydrogen-bond donors (Lipinski definition) is 2. The molecule has 7 nitrogen and oxygen atoms in total. The highest BCUT2D eigenvalue weighted by molar-refractivity contribution is 14.0. The molecule has 1 fully saturated rings. The van der Waals surface area contributed by atoms with Gasteiger partial charge in [-0.1, -0.05) is 18.2 Å². The van der Waals surface area contributed by atoms with Crippen LogP contribution in [0.25, 0.3) is 5.69 Å². The average molecular weight is 564 g/mol. The van der Waals surface area contributed by atoms with E-state index in [0.29, 0.717) is 18.2 Å². The van der Waals surface area contributed by atoms with Gasteiger partial charge in [0, 0.05) is 45.1 Å². The van der Waals surface area contributed by atoms with E-state index in [1.54, 1.807) is 43.3 Å². The van der Waals surface area contributed by atoms with Crippen LogP contribution in [0, 0.1) is 12.7 Å². The Bertz CT molecular complexity index is 1100. The molecule has 3 aromatic rings. The standard InChI is InChI=1S/C24H29FN6O.HI/c1-17-27-11-13-31(17)21-9-8-18(14-20(21)25)15-28-24(26-2)29-19-10-12-30(16-19)22-6-4-5-7-23(22)32-3;/h4-9,11,13-14,19H,10,12,15-16H2,1-3H3,(H2,26,28,29);1H. The van der Waals surface area contributed by atoms with Gasteiger partial charge in [0.25, 0.3) is 0 Å². The molecule has 1 saturated heterocycles. The molecule has 0 saturated carbocycles. The second kappa shape index (κ2) is 11.4. The molecule has 0 radical (unpaired) electrons. The number of rotatable bonds is 6. The van der Waals surface area contributed by atoms with Gasteiger partial charge in [0.1, 0.15) is 17.4 Å². The van der Waals surface area contributed by atoms with Gasteiger partial charge in [0.05, 0.1) is 18.5 Å². The molecule has 1 unspecified atom stereocenters. The van der Waals surface area contributed by atoms with E-state index in [1.165, 1.54) is 0 Å². The first-order valence-electron chi connectivity index (χ1n) is 10.7. The first-order chi connectivity index (χ1) is 15.6. The van der Waals surface area contributed by atoms with E-state index >= 15 is 0 Å². The van der Waals surface area contributed by atoms with Crippen LogP contribution in [0.2, 0.25) is 0 Å². The van der Waals surface area contributed by atoms with Crippen molar-refractivity contribution in [3.05, 3.63) is 72.1 Å². The van der Waals surface area contributed by atoms with Gasteiger partial charge < -0.3 is 24.8 Å². The minimum absolute atomic E-state index is 0. The van der Waals surface area contributed by atoms with Crippen molar-refractivity contribution >= 4 is 35.6 Å². The minimum atomic E-state index is -0.281. The highest BCUT2D eigenvalue weighted by Gasteiger charge is 2.25. The van der Waals surface area contributed by atoms with Crippen LogP contribution >= 0.6 is 24.0 Å². The van der Waals surface area contributed by atoms with Crippen LogP contribution in [0.1, 0.15) is 17.8 Å². The molecule has 33 heavy (non-hydrogen) atoms. The van der Waals surface area contributed by atoms with E-state index in [9.17, 15) is 4.39 Å². The Kier molecular flexibility index (Phi) is 8.54. The van der Waals surface area contributed by atoms with Crippen LogP contribution in [-0.4, -0.2) is 48.8 Å². The zero-order valence-corrected chi connectivity index (χ0v) is 21.4. The van der Waals surface area contributed by atoms with Gasteiger partial charge in [0.15, 0.2) is 5.96 Å². The zero-order valence-electron chi connectivity index (χ0n) is 19.1. The van der Waals surface area contributed by atoms with Crippen molar-refractivity contribution in [3.8, 4) is 11.4 Å². The van der Waals surface area contributed by atoms with Crippen molar-refractivity contribution < 1.29 is 9.13 Å². The zero-order chi connectivity index (χ0) is 22.5. The maximum Gasteiger partial charge on any atom is 0.191 e. The Hall–Kier alpha value is -2.82. The second-order valence-electron chi connectivity index (χ2n) is 7.80. The maximum absolute atomic E-state index is 14.7. The monoisotopic (exact) mass is 564 g/mol. The number of guanidine groups is 1. The fourth-order valence-corrected chi connectivity index (χ4v) is 4.05. The van der Waals surface area contributed by atoms with Gasteiger partial charge in [-0.15, -0.1) is 24.0 Å². The molecule has 1 atom stereocenters. The van der Waals surface area contributed by atoms with Crippen LogP contribution in [0.15, 0.2) is 59.9 Å². The molecule has 176 valence electrons. The number of para-hydroxylation sites is 2. The normalized spacial score (nSPS) is 15.8. The predicted octanol–water partition coefficient (Wildman–Crippen LogP) is 3.89. The summed E-state index contributed by atoms with van der Waals surface area (Å²) in [5, 5.41) is 6.77. The molecule has 2 aromatic carbocycles. The lowest BCUT2D eigenvalue weighted by molar-refractivity contribution is 0.415. The van der Waals surface area contributed by atoms with E-state index in [0.717, 1.165) is 42.3 Å². The molecule has 0 aliphatic carbocycles. The number of imidazole rings is 1. The first kappa shape index (κ1) is 24.8. The highest BCUT2D eigenvalue weighted by Crippen LogP contribution is 2.30. The van der Waals surface area contributed by atoms with Crippen molar-refractivity contribution in [2.24, 2.45) is 4.99 Å². The number of aliphatic imine (C=N–C) groups is 1. The number of hydrogen-bond acceptors (Lipinski definition) is 4. The Morgan fingerprint density at radius 2 is 2.06 bits per heavy atom. The number of anilines is 1. The molecule has 0 bridgehead atoms. The van der Waals surface area contributed by atoms with Gasteiger partial charge in [0.2, 0.25) is 0 Å². The largest absolute Gasteiger partial charge is 0.495 e. The molecular formula is C24H30FIN6O. The first-order valence-corrected chi connectivity index (χ1v) is 10.7. The lowest BCUT2D eigenvalue weighted by Crippen LogP contribution is -2.44. The molecule has 0 amide bonds. The highest BCUT2D eigenvalue weighted by atomic mass is 127. The van der Waals surface area contributed by atoms with Crippen molar-refractivity contribution in [1.29, 1.82) is 0 Å². The smallest absolute Gasteiger partial charge is 0.191 e. The van der Waals surface area contributed by atoms with Crippen molar-refractivity contribution in [2.45, 2.75) is 25.9 Å². The molecule has 1 aliphatic rings. The third-order valence-corrected chi connectivity index (χ3v) is 5.74. The van der Waals surface area contributed by atoms with E-state index in [-0.39, 0.29) is 35.8 Å². The van der Waals surface area contributed by atoms with Crippen LogP contribution in [0.3, 0.4) is 0 Å². The molecule has 2 heterocycles. The van der Waals surface area contributed by atoms with Crippen LogP contribution in [0.5, 0.6) is 5.75 Å². The molecule has 9 heteroatoms. The van der Waals surface area contributed by atoms with E-state index < -0.39 is 0 Å². The summed E-state index contributed by atoms with van der Waals surface area (Å²) in [5.41, 5.74) is 2.44. The summed E-state index contributed by atoms with van der Waals surface area (Å²) in [6, 6.07) is 13.6. The lowest BCUT2D eigenvalue weighted by Gasteiger charge is -2.22. The summed E-state index contributed by atoms with van der Waals surface area (Å²) in [4.78, 5) is 10.8. The summed E-state index contributed by atoms with van der Waals surface area (Å²) >= 11 is 0. The molecular weight excluding hydrogens is 534 g/mol. The Morgan fingerprint density at radius 3 is 2.76 bits per heavy atom. The van der Waals surface area contributed by atoms with Gasteiger partial charge in [-0.2, -0.15) is 0 Å². The predicted molar refractivity (Wildman–Crippen MR) is 141 cm³/mol.